The molecule has 0 aliphatic heterocycles. The van der Waals surface area contributed by atoms with Crippen molar-refractivity contribution in [3.05, 3.63) is 10.6 Å². The zero-order valence-electron chi connectivity index (χ0n) is 19.9. The van der Waals surface area contributed by atoms with Gasteiger partial charge in [0, 0.05) is 35.8 Å². The van der Waals surface area contributed by atoms with Gasteiger partial charge in [-0.15, -0.1) is 11.3 Å². The first-order chi connectivity index (χ1) is 15.7. The van der Waals surface area contributed by atoms with E-state index in [4.69, 9.17) is 9.72 Å². The molecule has 1 heterocycles. The van der Waals surface area contributed by atoms with E-state index < -0.39 is 11.5 Å². The molecule has 1 aromatic rings. The molecule has 0 spiro atoms. The van der Waals surface area contributed by atoms with E-state index in [2.05, 4.69) is 17.6 Å². The monoisotopic (exact) mass is 479 g/mol. The number of nitrogens with zero attached hydrogens (tertiary/aromatic N) is 1. The van der Waals surface area contributed by atoms with Crippen LogP contribution in [0.15, 0.2) is 0 Å². The highest BCUT2D eigenvalue weighted by Crippen LogP contribution is 2.62. The summed E-state index contributed by atoms with van der Waals surface area (Å²) in [6, 6.07) is 0.249. The summed E-state index contributed by atoms with van der Waals surface area (Å²) in [6.07, 6.45) is 6.11. The molecular weight excluding hydrogens is 442 g/mol. The van der Waals surface area contributed by atoms with E-state index in [1.54, 1.807) is 0 Å². The summed E-state index contributed by atoms with van der Waals surface area (Å²) in [5.74, 6) is -0.373. The first kappa shape index (κ1) is 24.6. The third kappa shape index (κ3) is 4.57. The molecule has 2 amide bonds. The predicted octanol–water partition coefficient (Wildman–Crippen LogP) is 2.59. The maximum atomic E-state index is 13.1. The van der Waals surface area contributed by atoms with Crippen molar-refractivity contribution in [2.45, 2.75) is 83.3 Å². The van der Waals surface area contributed by atoms with Crippen LogP contribution in [0.25, 0.3) is 0 Å². The average molecular weight is 480 g/mol. The van der Waals surface area contributed by atoms with Gasteiger partial charge >= 0.3 is 0 Å². The normalized spacial score (nSPS) is 33.9. The van der Waals surface area contributed by atoms with Crippen molar-refractivity contribution < 1.29 is 24.5 Å². The summed E-state index contributed by atoms with van der Waals surface area (Å²) in [5.41, 5.74) is -0.0721. The molecule has 184 valence electrons. The highest BCUT2D eigenvalue weighted by atomic mass is 32.1. The van der Waals surface area contributed by atoms with Crippen molar-refractivity contribution in [2.24, 2.45) is 16.7 Å². The third-order valence-corrected chi connectivity index (χ3v) is 9.53. The molecule has 3 aliphatic rings. The zero-order chi connectivity index (χ0) is 23.8. The molecule has 3 aliphatic carbocycles. The van der Waals surface area contributed by atoms with Crippen molar-refractivity contribution >= 4 is 28.3 Å². The van der Waals surface area contributed by atoms with Gasteiger partial charge in [0.25, 0.3) is 5.91 Å². The first-order valence-corrected chi connectivity index (χ1v) is 12.9. The maximum absolute atomic E-state index is 13.1. The number of nitrogens with one attached hydrogen (secondary N) is 2. The number of methoxy groups -OCH3 is 1. The van der Waals surface area contributed by atoms with E-state index in [1.807, 2.05) is 6.92 Å². The van der Waals surface area contributed by atoms with Crippen LogP contribution in [0.5, 0.6) is 0 Å². The SMILES string of the molecule is COCC(=O)Nc1nc2c(s1)C[C@@H]1[C@](C)(CO)[C@H](O)CC[C@@]1(C)[C@@H]2CC(=O)NC1CCCC1. The Bertz CT molecular complexity index is 885. The molecule has 0 bridgehead atoms. The quantitative estimate of drug-likeness (QED) is 0.477. The number of hydrogen-bond acceptors (Lipinski definition) is 7. The Kier molecular flexibility index (Phi) is 7.15. The second-order valence-electron chi connectivity index (χ2n) is 10.6. The highest BCUT2D eigenvalue weighted by Gasteiger charge is 2.59. The molecule has 0 radical (unpaired) electrons. The lowest BCUT2D eigenvalue weighted by Gasteiger charge is -2.58. The minimum absolute atomic E-state index is 0.00138. The van der Waals surface area contributed by atoms with E-state index in [-0.39, 0.29) is 48.3 Å². The number of anilines is 1. The molecular formula is C24H37N3O5S. The number of aliphatic hydroxyl groups is 2. The first-order valence-electron chi connectivity index (χ1n) is 12.1. The van der Waals surface area contributed by atoms with Gasteiger partial charge in [0.05, 0.1) is 18.4 Å². The Morgan fingerprint density at radius 2 is 1.94 bits per heavy atom. The number of amides is 2. The number of ether oxygens (including phenoxy) is 1. The van der Waals surface area contributed by atoms with Crippen LogP contribution in [-0.4, -0.2) is 59.5 Å². The van der Waals surface area contributed by atoms with E-state index in [0.29, 0.717) is 24.4 Å². The van der Waals surface area contributed by atoms with Crippen LogP contribution >= 0.6 is 11.3 Å². The van der Waals surface area contributed by atoms with Crippen LogP contribution in [-0.2, 0) is 20.7 Å². The number of fused-ring (bicyclic) bond motifs is 2. The molecule has 0 aromatic carbocycles. The van der Waals surface area contributed by atoms with Gasteiger partial charge in [0.2, 0.25) is 5.91 Å². The van der Waals surface area contributed by atoms with Crippen LogP contribution in [0.4, 0.5) is 5.13 Å². The summed E-state index contributed by atoms with van der Waals surface area (Å²) in [5, 5.41) is 27.7. The van der Waals surface area contributed by atoms with Gasteiger partial charge in [-0.3, -0.25) is 14.9 Å². The van der Waals surface area contributed by atoms with Gasteiger partial charge in [0.15, 0.2) is 5.13 Å². The van der Waals surface area contributed by atoms with Crippen molar-refractivity contribution in [1.82, 2.24) is 10.3 Å². The molecule has 8 nitrogen and oxygen atoms in total. The topological polar surface area (TPSA) is 121 Å². The number of rotatable bonds is 7. The zero-order valence-corrected chi connectivity index (χ0v) is 20.7. The van der Waals surface area contributed by atoms with Crippen molar-refractivity contribution in [3.63, 3.8) is 0 Å². The lowest BCUT2D eigenvalue weighted by Crippen LogP contribution is -2.57. The summed E-state index contributed by atoms with van der Waals surface area (Å²) in [4.78, 5) is 31.0. The van der Waals surface area contributed by atoms with Gasteiger partial charge in [-0.1, -0.05) is 26.7 Å². The maximum Gasteiger partial charge on any atom is 0.252 e. The Morgan fingerprint density at radius 3 is 2.61 bits per heavy atom. The summed E-state index contributed by atoms with van der Waals surface area (Å²) in [7, 11) is 1.47. The minimum Gasteiger partial charge on any atom is -0.396 e. The Morgan fingerprint density at radius 1 is 1.21 bits per heavy atom. The number of carbonyl (C=O) groups is 2. The summed E-state index contributed by atoms with van der Waals surface area (Å²) in [6.45, 7) is 3.99. The molecule has 2 fully saturated rings. The molecule has 4 N–H and O–H groups in total. The molecule has 4 rings (SSSR count). The van der Waals surface area contributed by atoms with Gasteiger partial charge in [0.1, 0.15) is 6.61 Å². The molecule has 0 unspecified atom stereocenters. The fourth-order valence-electron chi connectivity index (χ4n) is 6.53. The van der Waals surface area contributed by atoms with Crippen LogP contribution < -0.4 is 10.6 Å². The Balaban J connectivity index is 1.67. The summed E-state index contributed by atoms with van der Waals surface area (Å²) < 4.78 is 4.92. The second-order valence-corrected chi connectivity index (χ2v) is 11.7. The Labute approximate surface area is 199 Å². The van der Waals surface area contributed by atoms with Crippen LogP contribution in [0, 0.1) is 16.7 Å². The number of aromatic nitrogens is 1. The van der Waals surface area contributed by atoms with E-state index in [1.165, 1.54) is 18.4 Å². The molecule has 33 heavy (non-hydrogen) atoms. The fraction of sp³-hybridized carbons (Fsp3) is 0.792. The summed E-state index contributed by atoms with van der Waals surface area (Å²) >= 11 is 1.43. The van der Waals surface area contributed by atoms with E-state index in [0.717, 1.165) is 42.7 Å². The average Bonchev–Trinajstić information content (AvgIpc) is 3.42. The molecule has 9 heteroatoms. The van der Waals surface area contributed by atoms with Crippen LogP contribution in [0.1, 0.15) is 75.3 Å². The van der Waals surface area contributed by atoms with Gasteiger partial charge in [-0.05, 0) is 43.4 Å². The number of aliphatic hydroxyl groups excluding tert-OH is 2. The smallest absolute Gasteiger partial charge is 0.252 e. The van der Waals surface area contributed by atoms with Crippen molar-refractivity contribution in [2.75, 3.05) is 25.6 Å². The van der Waals surface area contributed by atoms with Gasteiger partial charge in [-0.25, -0.2) is 4.98 Å². The molecule has 0 saturated heterocycles. The minimum atomic E-state index is -0.658. The number of thiazole rings is 1. The molecule has 1 aromatic heterocycles. The highest BCUT2D eigenvalue weighted by molar-refractivity contribution is 7.15. The van der Waals surface area contributed by atoms with E-state index >= 15 is 0 Å². The lowest BCUT2D eigenvalue weighted by atomic mass is 9.47. The van der Waals surface area contributed by atoms with E-state index in [9.17, 15) is 19.8 Å². The Hall–Kier alpha value is -1.55. The number of hydrogen-bond donors (Lipinski definition) is 4. The lowest BCUT2D eigenvalue weighted by molar-refractivity contribution is -0.144. The standard InChI is InChI=1S/C24H37N3O5S/c1-23-9-8-18(29)24(2,13-28)17(23)11-16-21(27-22(33-16)26-20(31)12-32-3)15(23)10-19(30)25-14-6-4-5-7-14/h14-15,17-18,28-29H,4-13H2,1-3H3,(H,25,30)(H,26,27,31)/t15-,17+,18-,23+,24+/m1/s1. The molecule has 2 saturated carbocycles. The van der Waals surface area contributed by atoms with Crippen LogP contribution in [0.2, 0.25) is 0 Å². The third-order valence-electron chi connectivity index (χ3n) is 8.53. The second kappa shape index (κ2) is 9.60. The largest absolute Gasteiger partial charge is 0.396 e. The number of carbonyl (C=O) groups excluding carboxylic acids is 2. The predicted molar refractivity (Wildman–Crippen MR) is 126 cm³/mol. The molecule has 5 atom stereocenters. The van der Waals surface area contributed by atoms with Crippen LogP contribution in [0.3, 0.4) is 0 Å². The van der Waals surface area contributed by atoms with Gasteiger partial charge < -0.3 is 20.3 Å². The van der Waals surface area contributed by atoms with Crippen molar-refractivity contribution in [1.29, 1.82) is 0 Å². The van der Waals surface area contributed by atoms with Crippen molar-refractivity contribution in [3.8, 4) is 0 Å². The fourth-order valence-corrected chi connectivity index (χ4v) is 7.61. The van der Waals surface area contributed by atoms with Gasteiger partial charge in [-0.2, -0.15) is 0 Å².